The highest BCUT2D eigenvalue weighted by Crippen LogP contribution is 2.38. The zero-order valence-corrected chi connectivity index (χ0v) is 16.6. The number of carbonyl (C=O) groups excluding carboxylic acids is 1. The zero-order chi connectivity index (χ0) is 18.0. The van der Waals surface area contributed by atoms with Gasteiger partial charge in [-0.05, 0) is 36.4 Å². The SMILES string of the molecule is C[Si](C)(C)CCOCN1c2ccccc2NC(=O)c2ccc(Cl)cc21. The summed E-state index contributed by atoms with van der Waals surface area (Å²) >= 11 is 6.20. The predicted molar refractivity (Wildman–Crippen MR) is 107 cm³/mol. The van der Waals surface area contributed by atoms with E-state index in [1.807, 2.05) is 35.2 Å². The Labute approximate surface area is 154 Å². The van der Waals surface area contributed by atoms with E-state index in [0.29, 0.717) is 23.9 Å². The molecule has 1 heterocycles. The van der Waals surface area contributed by atoms with Crippen molar-refractivity contribution in [2.45, 2.75) is 25.7 Å². The highest BCUT2D eigenvalue weighted by molar-refractivity contribution is 6.76. The van der Waals surface area contributed by atoms with Crippen LogP contribution in [0.25, 0.3) is 0 Å². The molecule has 0 radical (unpaired) electrons. The van der Waals surface area contributed by atoms with E-state index in [1.54, 1.807) is 12.1 Å². The quantitative estimate of drug-likeness (QED) is 0.566. The van der Waals surface area contributed by atoms with E-state index in [9.17, 15) is 4.79 Å². The summed E-state index contributed by atoms with van der Waals surface area (Å²) in [7, 11) is -1.15. The molecule has 0 aromatic heterocycles. The van der Waals surface area contributed by atoms with Crippen LogP contribution in [0.1, 0.15) is 10.4 Å². The molecule has 0 fully saturated rings. The third-order valence-corrected chi connectivity index (χ3v) is 6.09. The number of nitrogens with zero attached hydrogens (tertiary/aromatic N) is 1. The lowest BCUT2D eigenvalue weighted by Crippen LogP contribution is -2.26. The van der Waals surface area contributed by atoms with Crippen LogP contribution in [0.3, 0.4) is 0 Å². The molecule has 1 amide bonds. The molecule has 0 atom stereocenters. The minimum absolute atomic E-state index is 0.135. The number of amides is 1. The number of fused-ring (bicyclic) bond motifs is 2. The van der Waals surface area contributed by atoms with Crippen molar-refractivity contribution in [3.63, 3.8) is 0 Å². The summed E-state index contributed by atoms with van der Waals surface area (Å²) < 4.78 is 5.97. The molecular weight excluding hydrogens is 352 g/mol. The number of halogens is 1. The monoisotopic (exact) mass is 374 g/mol. The number of anilines is 3. The lowest BCUT2D eigenvalue weighted by atomic mass is 10.1. The zero-order valence-electron chi connectivity index (χ0n) is 14.8. The van der Waals surface area contributed by atoms with E-state index < -0.39 is 8.07 Å². The highest BCUT2D eigenvalue weighted by atomic mass is 35.5. The van der Waals surface area contributed by atoms with Crippen molar-refractivity contribution in [2.75, 3.05) is 23.6 Å². The van der Waals surface area contributed by atoms with Gasteiger partial charge in [0.2, 0.25) is 0 Å². The van der Waals surface area contributed by atoms with Crippen molar-refractivity contribution >= 4 is 42.6 Å². The summed E-state index contributed by atoms with van der Waals surface area (Å²) in [4.78, 5) is 14.6. The van der Waals surface area contributed by atoms with E-state index in [0.717, 1.165) is 23.1 Å². The number of hydrogen-bond acceptors (Lipinski definition) is 3. The fraction of sp³-hybridized carbons (Fsp3) is 0.316. The van der Waals surface area contributed by atoms with Crippen LogP contribution < -0.4 is 10.2 Å². The Morgan fingerprint density at radius 2 is 1.88 bits per heavy atom. The maximum Gasteiger partial charge on any atom is 0.257 e. The van der Waals surface area contributed by atoms with Gasteiger partial charge in [-0.2, -0.15) is 0 Å². The third kappa shape index (κ3) is 4.23. The molecule has 3 rings (SSSR count). The first-order chi connectivity index (χ1) is 11.8. The topological polar surface area (TPSA) is 41.6 Å². The van der Waals surface area contributed by atoms with Gasteiger partial charge >= 0.3 is 0 Å². The fourth-order valence-electron chi connectivity index (χ4n) is 2.73. The number of nitrogens with one attached hydrogen (secondary N) is 1. The average molecular weight is 375 g/mol. The first kappa shape index (κ1) is 18.0. The molecule has 0 bridgehead atoms. The molecule has 6 heteroatoms. The molecule has 132 valence electrons. The minimum atomic E-state index is -1.15. The minimum Gasteiger partial charge on any atom is -0.361 e. The lowest BCUT2D eigenvalue weighted by molar-refractivity contribution is 0.102. The Morgan fingerprint density at radius 3 is 2.64 bits per heavy atom. The van der Waals surface area contributed by atoms with E-state index in [2.05, 4.69) is 25.0 Å². The summed E-state index contributed by atoms with van der Waals surface area (Å²) in [5.41, 5.74) is 3.04. The van der Waals surface area contributed by atoms with Crippen LogP contribution in [0.5, 0.6) is 0 Å². The largest absolute Gasteiger partial charge is 0.361 e. The summed E-state index contributed by atoms with van der Waals surface area (Å²) in [6, 6.07) is 14.2. The first-order valence-electron chi connectivity index (χ1n) is 8.40. The normalized spacial score (nSPS) is 13.8. The summed E-state index contributed by atoms with van der Waals surface area (Å²) in [5, 5.41) is 3.57. The highest BCUT2D eigenvalue weighted by Gasteiger charge is 2.25. The van der Waals surface area contributed by atoms with Crippen molar-refractivity contribution in [3.8, 4) is 0 Å². The predicted octanol–water partition coefficient (Wildman–Crippen LogP) is 5.36. The van der Waals surface area contributed by atoms with Gasteiger partial charge in [-0.1, -0.05) is 43.4 Å². The van der Waals surface area contributed by atoms with E-state index in [4.69, 9.17) is 16.3 Å². The van der Waals surface area contributed by atoms with Crippen molar-refractivity contribution in [1.29, 1.82) is 0 Å². The van der Waals surface area contributed by atoms with Crippen molar-refractivity contribution in [1.82, 2.24) is 0 Å². The molecule has 0 saturated carbocycles. The molecule has 0 spiro atoms. The fourth-order valence-corrected chi connectivity index (χ4v) is 3.65. The van der Waals surface area contributed by atoms with E-state index in [-0.39, 0.29) is 5.91 Å². The number of ether oxygens (including phenoxy) is 1. The smallest absolute Gasteiger partial charge is 0.257 e. The Kier molecular flexibility index (Phi) is 5.18. The molecule has 0 unspecified atom stereocenters. The molecule has 25 heavy (non-hydrogen) atoms. The molecule has 1 aliphatic heterocycles. The van der Waals surface area contributed by atoms with Gasteiger partial charge < -0.3 is 15.0 Å². The summed E-state index contributed by atoms with van der Waals surface area (Å²) in [6.45, 7) is 8.08. The number of carbonyl (C=O) groups is 1. The maximum absolute atomic E-state index is 12.6. The summed E-state index contributed by atoms with van der Waals surface area (Å²) in [5.74, 6) is -0.135. The number of hydrogen-bond donors (Lipinski definition) is 1. The number of para-hydroxylation sites is 2. The van der Waals surface area contributed by atoms with Gasteiger partial charge in [0.05, 0.1) is 22.6 Å². The molecule has 1 aliphatic rings. The van der Waals surface area contributed by atoms with Crippen molar-refractivity contribution in [3.05, 3.63) is 53.1 Å². The molecule has 4 nitrogen and oxygen atoms in total. The number of benzene rings is 2. The van der Waals surface area contributed by atoms with Gasteiger partial charge in [0.1, 0.15) is 6.73 Å². The van der Waals surface area contributed by atoms with Crippen LogP contribution in [-0.2, 0) is 4.74 Å². The van der Waals surface area contributed by atoms with Gasteiger partial charge in [-0.3, -0.25) is 4.79 Å². The van der Waals surface area contributed by atoms with Crippen molar-refractivity contribution in [2.24, 2.45) is 0 Å². The Bertz CT molecular complexity index is 789. The molecule has 2 aromatic rings. The molecule has 1 N–H and O–H groups in total. The standard InChI is InChI=1S/C19H23ClN2O2Si/c1-25(2,3)11-10-24-13-22-17-7-5-4-6-16(17)21-19(23)15-9-8-14(20)12-18(15)22/h4-9,12H,10-11,13H2,1-3H3,(H,21,23). The van der Waals surface area contributed by atoms with Crippen LogP contribution in [0, 0.1) is 0 Å². The molecule has 2 aromatic carbocycles. The van der Waals surface area contributed by atoms with Crippen molar-refractivity contribution < 1.29 is 9.53 Å². The van der Waals surface area contributed by atoms with E-state index >= 15 is 0 Å². The van der Waals surface area contributed by atoms with Gasteiger partial charge in [-0.15, -0.1) is 0 Å². The third-order valence-electron chi connectivity index (χ3n) is 4.16. The van der Waals surface area contributed by atoms with E-state index in [1.165, 1.54) is 0 Å². The average Bonchev–Trinajstić information content (AvgIpc) is 2.65. The first-order valence-corrected chi connectivity index (χ1v) is 12.5. The van der Waals surface area contributed by atoms with Crippen LogP contribution in [0.4, 0.5) is 17.1 Å². The Balaban J connectivity index is 1.93. The van der Waals surface area contributed by atoms with Gasteiger partial charge in [0.25, 0.3) is 5.91 Å². The second kappa shape index (κ2) is 7.20. The molecule has 0 saturated heterocycles. The van der Waals surface area contributed by atoms with Gasteiger partial charge in [-0.25, -0.2) is 0 Å². The van der Waals surface area contributed by atoms with Crippen LogP contribution in [0.2, 0.25) is 30.7 Å². The Hall–Kier alpha value is -1.82. The number of rotatable bonds is 5. The van der Waals surface area contributed by atoms with Crippen LogP contribution in [-0.4, -0.2) is 27.3 Å². The summed E-state index contributed by atoms with van der Waals surface area (Å²) in [6.07, 6.45) is 0. The Morgan fingerprint density at radius 1 is 1.12 bits per heavy atom. The van der Waals surface area contributed by atoms with Crippen LogP contribution in [0.15, 0.2) is 42.5 Å². The van der Waals surface area contributed by atoms with Crippen LogP contribution >= 0.6 is 11.6 Å². The van der Waals surface area contributed by atoms with Gasteiger partial charge in [0, 0.05) is 19.7 Å². The molecular formula is C19H23ClN2O2Si. The van der Waals surface area contributed by atoms with Gasteiger partial charge in [0.15, 0.2) is 0 Å². The molecule has 0 aliphatic carbocycles. The second-order valence-electron chi connectivity index (χ2n) is 7.41. The maximum atomic E-state index is 12.6. The second-order valence-corrected chi connectivity index (χ2v) is 13.5. The lowest BCUT2D eigenvalue weighted by Gasteiger charge is -2.26.